The zero-order valence-electron chi connectivity index (χ0n) is 21.9. The second kappa shape index (κ2) is 10.9. The second-order valence-corrected chi connectivity index (χ2v) is 10.1. The molecule has 198 valence electrons. The molecule has 2 aliphatic heterocycles. The van der Waals surface area contributed by atoms with E-state index in [1.165, 1.54) is 12.8 Å². The monoisotopic (exact) mass is 507 g/mol. The van der Waals surface area contributed by atoms with Crippen LogP contribution in [-0.4, -0.2) is 67.2 Å². The molecule has 2 amide bonds. The van der Waals surface area contributed by atoms with Crippen molar-refractivity contribution in [1.29, 1.82) is 0 Å². The van der Waals surface area contributed by atoms with Crippen LogP contribution in [0.3, 0.4) is 0 Å². The van der Waals surface area contributed by atoms with Gasteiger partial charge in [-0.2, -0.15) is 4.98 Å². The molecule has 1 aromatic heterocycles. The average Bonchev–Trinajstić information content (AvgIpc) is 3.46. The van der Waals surface area contributed by atoms with Gasteiger partial charge in [-0.05, 0) is 63.4 Å². The molecule has 0 bridgehead atoms. The smallest absolute Gasteiger partial charge is 0.251 e. The average molecular weight is 508 g/mol. The minimum Gasteiger partial charge on any atom is -0.495 e. The lowest BCUT2D eigenvalue weighted by Gasteiger charge is -2.43. The third-order valence-electron chi connectivity index (χ3n) is 7.80. The molecule has 1 atom stereocenters. The summed E-state index contributed by atoms with van der Waals surface area (Å²) >= 11 is 0. The number of aromatic nitrogens is 2. The van der Waals surface area contributed by atoms with Crippen LogP contribution in [-0.2, 0) is 4.79 Å². The molecule has 0 unspecified atom stereocenters. The molecule has 1 saturated heterocycles. The number of carbonyl (C=O) groups excluding carboxylic acids is 2. The molecule has 2 aromatic rings. The van der Waals surface area contributed by atoms with Crippen molar-refractivity contribution in [1.82, 2.24) is 20.6 Å². The number of benzene rings is 1. The van der Waals surface area contributed by atoms with Crippen LogP contribution < -0.4 is 30.5 Å². The van der Waals surface area contributed by atoms with Crippen molar-refractivity contribution in [2.24, 2.45) is 0 Å². The fourth-order valence-corrected chi connectivity index (χ4v) is 5.73. The van der Waals surface area contributed by atoms with Gasteiger partial charge in [-0.15, -0.1) is 0 Å². The van der Waals surface area contributed by atoms with Gasteiger partial charge < -0.3 is 30.5 Å². The van der Waals surface area contributed by atoms with Crippen molar-refractivity contribution >= 4 is 35.0 Å². The molecule has 0 radical (unpaired) electrons. The van der Waals surface area contributed by atoms with Gasteiger partial charge in [0.05, 0.1) is 19.0 Å². The first-order valence-corrected chi connectivity index (χ1v) is 13.4. The Morgan fingerprint density at radius 3 is 2.65 bits per heavy atom. The molecule has 3 N–H and O–H groups in total. The topological polar surface area (TPSA) is 112 Å². The Balaban J connectivity index is 1.40. The molecule has 10 nitrogen and oxygen atoms in total. The highest BCUT2D eigenvalue weighted by Gasteiger charge is 2.41. The standard InChI is InChI=1S/C27H37N7O3/c1-4-21-26(36)33(2)22-16-29-27(32-24(22)34(21)19-7-5-6-8-19)31-20-10-9-17(15-23(20)37-3)25(35)30-18-11-13-28-14-12-18/h9-10,15-16,18-19,21,28H,4-8,11-14H2,1-3H3,(H,30,35)(H,29,31,32)/t21-/m1/s1. The quantitative estimate of drug-likeness (QED) is 0.524. The molecule has 0 spiro atoms. The van der Waals surface area contributed by atoms with Crippen LogP contribution in [0.2, 0.25) is 0 Å². The fraction of sp³-hybridized carbons (Fsp3) is 0.556. The van der Waals surface area contributed by atoms with E-state index >= 15 is 0 Å². The van der Waals surface area contributed by atoms with Crippen molar-refractivity contribution in [3.05, 3.63) is 30.0 Å². The summed E-state index contributed by atoms with van der Waals surface area (Å²) in [5, 5.41) is 9.71. The number of ether oxygens (including phenoxy) is 1. The van der Waals surface area contributed by atoms with Gasteiger partial charge in [0.2, 0.25) is 11.9 Å². The number of nitrogens with zero attached hydrogens (tertiary/aromatic N) is 4. The zero-order valence-corrected chi connectivity index (χ0v) is 21.9. The molecule has 1 aliphatic carbocycles. The summed E-state index contributed by atoms with van der Waals surface area (Å²) in [6.07, 6.45) is 8.75. The highest BCUT2D eigenvalue weighted by Crippen LogP contribution is 2.40. The number of fused-ring (bicyclic) bond motifs is 1. The minimum absolute atomic E-state index is 0.0891. The Bertz CT molecular complexity index is 1140. The Hall–Kier alpha value is -3.40. The van der Waals surface area contributed by atoms with Crippen LogP contribution in [0.5, 0.6) is 5.75 Å². The third kappa shape index (κ3) is 5.07. The highest BCUT2D eigenvalue weighted by atomic mass is 16.5. The molecule has 37 heavy (non-hydrogen) atoms. The molecule has 5 rings (SSSR count). The van der Waals surface area contributed by atoms with Crippen molar-refractivity contribution in [3.63, 3.8) is 0 Å². The number of hydrogen-bond acceptors (Lipinski definition) is 8. The van der Waals surface area contributed by atoms with Gasteiger partial charge in [0.15, 0.2) is 5.82 Å². The lowest BCUT2D eigenvalue weighted by Crippen LogP contribution is -2.55. The molecular formula is C27H37N7O3. The second-order valence-electron chi connectivity index (χ2n) is 10.1. The molecule has 1 aromatic carbocycles. The summed E-state index contributed by atoms with van der Waals surface area (Å²) < 4.78 is 5.61. The fourth-order valence-electron chi connectivity index (χ4n) is 5.73. The first kappa shape index (κ1) is 25.3. The number of likely N-dealkylation sites (N-methyl/N-ethyl adjacent to an activating group) is 1. The Morgan fingerprint density at radius 1 is 1.19 bits per heavy atom. The van der Waals surface area contributed by atoms with E-state index in [1.54, 1.807) is 37.4 Å². The minimum atomic E-state index is -0.226. The van der Waals surface area contributed by atoms with E-state index in [0.29, 0.717) is 29.0 Å². The Kier molecular flexibility index (Phi) is 7.45. The van der Waals surface area contributed by atoms with Crippen molar-refractivity contribution in [2.45, 2.75) is 70.0 Å². The third-order valence-corrected chi connectivity index (χ3v) is 7.80. The van der Waals surface area contributed by atoms with Gasteiger partial charge in [0.1, 0.15) is 17.5 Å². The van der Waals surface area contributed by atoms with Gasteiger partial charge in [-0.1, -0.05) is 19.8 Å². The van der Waals surface area contributed by atoms with Gasteiger partial charge in [0.25, 0.3) is 5.91 Å². The van der Waals surface area contributed by atoms with E-state index in [0.717, 1.165) is 56.7 Å². The van der Waals surface area contributed by atoms with E-state index in [4.69, 9.17) is 9.72 Å². The Morgan fingerprint density at radius 2 is 1.95 bits per heavy atom. The normalized spacial score (nSPS) is 20.6. The number of anilines is 4. The van der Waals surface area contributed by atoms with Crippen LogP contribution in [0.4, 0.5) is 23.1 Å². The number of amides is 2. The van der Waals surface area contributed by atoms with Crippen LogP contribution in [0.25, 0.3) is 0 Å². The van der Waals surface area contributed by atoms with Crippen LogP contribution in [0.1, 0.15) is 62.2 Å². The SMILES string of the molecule is CC[C@@H]1C(=O)N(C)c2cnc(Nc3ccc(C(=O)NC4CCNCC4)cc3OC)nc2N1C1CCCC1. The number of methoxy groups -OCH3 is 1. The molecule has 10 heteroatoms. The number of piperidine rings is 1. The number of hydrogen-bond donors (Lipinski definition) is 3. The maximum atomic E-state index is 13.1. The van der Waals surface area contributed by atoms with Gasteiger partial charge in [-0.3, -0.25) is 9.59 Å². The van der Waals surface area contributed by atoms with E-state index < -0.39 is 0 Å². The summed E-state index contributed by atoms with van der Waals surface area (Å²) in [7, 11) is 3.37. The molecule has 1 saturated carbocycles. The predicted octanol–water partition coefficient (Wildman–Crippen LogP) is 3.21. The van der Waals surface area contributed by atoms with Gasteiger partial charge in [0, 0.05) is 24.7 Å². The lowest BCUT2D eigenvalue weighted by molar-refractivity contribution is -0.120. The molecule has 3 aliphatic rings. The number of nitrogens with one attached hydrogen (secondary N) is 3. The largest absolute Gasteiger partial charge is 0.495 e. The van der Waals surface area contributed by atoms with Gasteiger partial charge >= 0.3 is 0 Å². The van der Waals surface area contributed by atoms with E-state index in [2.05, 4.69) is 32.8 Å². The molecule has 2 fully saturated rings. The molecule has 3 heterocycles. The maximum Gasteiger partial charge on any atom is 0.251 e. The summed E-state index contributed by atoms with van der Waals surface area (Å²) in [5.74, 6) is 1.73. The summed E-state index contributed by atoms with van der Waals surface area (Å²) in [6, 6.07) is 5.59. The summed E-state index contributed by atoms with van der Waals surface area (Å²) in [6.45, 7) is 3.88. The maximum absolute atomic E-state index is 13.1. The van der Waals surface area contributed by atoms with Crippen LogP contribution in [0.15, 0.2) is 24.4 Å². The first-order chi connectivity index (χ1) is 18.0. The van der Waals surface area contributed by atoms with Crippen molar-refractivity contribution in [2.75, 3.05) is 42.4 Å². The first-order valence-electron chi connectivity index (χ1n) is 13.4. The summed E-state index contributed by atoms with van der Waals surface area (Å²) in [4.78, 5) is 39.2. The Labute approximate surface area is 218 Å². The van der Waals surface area contributed by atoms with E-state index in [1.807, 2.05) is 6.07 Å². The van der Waals surface area contributed by atoms with Crippen molar-refractivity contribution in [3.8, 4) is 5.75 Å². The number of rotatable bonds is 7. The van der Waals surface area contributed by atoms with Gasteiger partial charge in [-0.25, -0.2) is 4.98 Å². The van der Waals surface area contributed by atoms with E-state index in [9.17, 15) is 9.59 Å². The predicted molar refractivity (Wildman–Crippen MR) is 144 cm³/mol. The molecular weight excluding hydrogens is 470 g/mol. The highest BCUT2D eigenvalue weighted by molar-refractivity contribution is 6.04. The zero-order chi connectivity index (χ0) is 25.9. The van der Waals surface area contributed by atoms with Crippen LogP contribution >= 0.6 is 0 Å². The van der Waals surface area contributed by atoms with E-state index in [-0.39, 0.29) is 23.9 Å². The van der Waals surface area contributed by atoms with Crippen molar-refractivity contribution < 1.29 is 14.3 Å². The van der Waals surface area contributed by atoms with Crippen LogP contribution in [0, 0.1) is 0 Å². The number of carbonyl (C=O) groups is 2. The summed E-state index contributed by atoms with van der Waals surface area (Å²) in [5.41, 5.74) is 1.94. The lowest BCUT2D eigenvalue weighted by atomic mass is 10.0.